The molecule has 1 aromatic rings. The molecule has 0 fully saturated rings. The molecule has 0 spiro atoms. The molecule has 2 N–H and O–H groups in total. The number of thioether (sulfide) groups is 1. The Hall–Kier alpha value is -1.69. The van der Waals surface area contributed by atoms with Crippen LogP contribution in [0, 0.1) is 0 Å². The van der Waals surface area contributed by atoms with Gasteiger partial charge >= 0.3 is 12.0 Å². The van der Waals surface area contributed by atoms with Crippen molar-refractivity contribution in [3.8, 4) is 0 Å². The monoisotopic (exact) mass is 294 g/mol. The van der Waals surface area contributed by atoms with Gasteiger partial charge in [-0.15, -0.1) is 0 Å². The van der Waals surface area contributed by atoms with E-state index in [2.05, 4.69) is 5.32 Å². The Morgan fingerprint density at radius 3 is 2.85 bits per heavy atom. The fourth-order valence-electron chi connectivity index (χ4n) is 2.41. The molecule has 1 aliphatic heterocycles. The van der Waals surface area contributed by atoms with Crippen LogP contribution in [0.5, 0.6) is 0 Å². The minimum absolute atomic E-state index is 0.000271. The van der Waals surface area contributed by atoms with Crippen LogP contribution >= 0.6 is 11.8 Å². The van der Waals surface area contributed by atoms with Crippen molar-refractivity contribution in [2.75, 3.05) is 16.9 Å². The lowest BCUT2D eigenvalue weighted by atomic mass is 10.1. The SMILES string of the molecule is CSCC(C)NC(=O)N1c2ccccc2C[C@H]1C(=O)O. The van der Waals surface area contributed by atoms with Crippen molar-refractivity contribution in [2.45, 2.75) is 25.4 Å². The lowest BCUT2D eigenvalue weighted by molar-refractivity contribution is -0.138. The molecule has 5 nitrogen and oxygen atoms in total. The molecule has 2 rings (SSSR count). The van der Waals surface area contributed by atoms with Gasteiger partial charge in [-0.1, -0.05) is 18.2 Å². The number of nitrogens with one attached hydrogen (secondary N) is 1. The number of carbonyl (C=O) groups is 2. The summed E-state index contributed by atoms with van der Waals surface area (Å²) in [4.78, 5) is 25.1. The number of fused-ring (bicyclic) bond motifs is 1. The summed E-state index contributed by atoms with van der Waals surface area (Å²) < 4.78 is 0. The lowest BCUT2D eigenvalue weighted by Crippen LogP contribution is -2.50. The molecule has 0 aromatic heterocycles. The Morgan fingerprint density at radius 1 is 1.50 bits per heavy atom. The molecule has 2 amide bonds. The Labute approximate surface area is 122 Å². The van der Waals surface area contributed by atoms with Gasteiger partial charge in [-0.3, -0.25) is 4.90 Å². The van der Waals surface area contributed by atoms with E-state index in [-0.39, 0.29) is 12.1 Å². The highest BCUT2D eigenvalue weighted by Crippen LogP contribution is 2.32. The summed E-state index contributed by atoms with van der Waals surface area (Å²) in [6, 6.07) is 6.16. The van der Waals surface area contributed by atoms with Crippen molar-refractivity contribution in [1.29, 1.82) is 0 Å². The highest BCUT2D eigenvalue weighted by Gasteiger charge is 2.38. The summed E-state index contributed by atoms with van der Waals surface area (Å²) in [6.45, 7) is 1.91. The summed E-state index contributed by atoms with van der Waals surface area (Å²) >= 11 is 1.64. The van der Waals surface area contributed by atoms with Crippen LogP contribution in [0.25, 0.3) is 0 Å². The number of anilines is 1. The van der Waals surface area contributed by atoms with E-state index in [1.807, 2.05) is 31.4 Å². The van der Waals surface area contributed by atoms with E-state index in [9.17, 15) is 14.7 Å². The number of benzene rings is 1. The summed E-state index contributed by atoms with van der Waals surface area (Å²) in [7, 11) is 0. The molecule has 1 aliphatic rings. The number of rotatable bonds is 4. The highest BCUT2D eigenvalue weighted by atomic mass is 32.2. The predicted molar refractivity (Wildman–Crippen MR) is 80.4 cm³/mol. The third-order valence-electron chi connectivity index (χ3n) is 3.27. The van der Waals surface area contributed by atoms with Gasteiger partial charge in [-0.05, 0) is 24.8 Å². The van der Waals surface area contributed by atoms with Gasteiger partial charge in [0.1, 0.15) is 6.04 Å². The van der Waals surface area contributed by atoms with Gasteiger partial charge in [0.15, 0.2) is 0 Å². The van der Waals surface area contributed by atoms with E-state index < -0.39 is 12.0 Å². The van der Waals surface area contributed by atoms with E-state index in [0.717, 1.165) is 11.3 Å². The fourth-order valence-corrected chi connectivity index (χ4v) is 2.99. The van der Waals surface area contributed by atoms with E-state index in [1.165, 1.54) is 4.90 Å². The molecule has 20 heavy (non-hydrogen) atoms. The summed E-state index contributed by atoms with van der Waals surface area (Å²) in [6.07, 6.45) is 2.32. The average molecular weight is 294 g/mol. The smallest absolute Gasteiger partial charge is 0.327 e. The van der Waals surface area contributed by atoms with Gasteiger partial charge in [0.25, 0.3) is 0 Å². The van der Waals surface area contributed by atoms with Crippen LogP contribution in [-0.2, 0) is 11.2 Å². The molecular formula is C14H18N2O3S. The van der Waals surface area contributed by atoms with Crippen LogP contribution in [0.1, 0.15) is 12.5 Å². The molecule has 0 bridgehead atoms. The first kappa shape index (κ1) is 14.7. The maximum Gasteiger partial charge on any atom is 0.327 e. The Balaban J connectivity index is 2.22. The van der Waals surface area contributed by atoms with Crippen LogP contribution in [0.15, 0.2) is 24.3 Å². The molecule has 108 valence electrons. The standard InChI is InChI=1S/C14H18N2O3S/c1-9(8-20-2)15-14(19)16-11-6-4-3-5-10(11)7-12(16)13(17)18/h3-6,9,12H,7-8H2,1-2H3,(H,15,19)(H,17,18)/t9?,12-/m0/s1. The van der Waals surface area contributed by atoms with Gasteiger partial charge in [0.05, 0.1) is 0 Å². The minimum Gasteiger partial charge on any atom is -0.480 e. The normalized spacial score (nSPS) is 18.5. The van der Waals surface area contributed by atoms with Crippen molar-refractivity contribution in [3.05, 3.63) is 29.8 Å². The molecule has 1 aromatic carbocycles. The van der Waals surface area contributed by atoms with Gasteiger partial charge in [0.2, 0.25) is 0 Å². The number of urea groups is 1. The molecule has 1 heterocycles. The van der Waals surface area contributed by atoms with E-state index >= 15 is 0 Å². The molecule has 0 aliphatic carbocycles. The van der Waals surface area contributed by atoms with Crippen molar-refractivity contribution < 1.29 is 14.7 Å². The minimum atomic E-state index is -0.978. The third kappa shape index (κ3) is 2.90. The lowest BCUT2D eigenvalue weighted by Gasteiger charge is -2.25. The van der Waals surface area contributed by atoms with Gasteiger partial charge in [-0.25, -0.2) is 9.59 Å². The zero-order valence-corrected chi connectivity index (χ0v) is 12.3. The molecule has 1 unspecified atom stereocenters. The van der Waals surface area contributed by atoms with Crippen LogP contribution in [-0.4, -0.2) is 41.2 Å². The number of carboxylic acids is 1. The second-order valence-corrected chi connectivity index (χ2v) is 5.77. The summed E-state index contributed by atoms with van der Waals surface area (Å²) in [5, 5.41) is 12.2. The van der Waals surface area contributed by atoms with Crippen molar-refractivity contribution in [1.82, 2.24) is 5.32 Å². The number of carbonyl (C=O) groups excluding carboxylic acids is 1. The van der Waals surface area contributed by atoms with Gasteiger partial charge < -0.3 is 10.4 Å². The first-order valence-electron chi connectivity index (χ1n) is 6.44. The van der Waals surface area contributed by atoms with Gasteiger partial charge in [0, 0.05) is 23.9 Å². The molecule has 0 saturated heterocycles. The quantitative estimate of drug-likeness (QED) is 0.890. The number of amides is 2. The number of para-hydroxylation sites is 1. The van der Waals surface area contributed by atoms with Gasteiger partial charge in [-0.2, -0.15) is 11.8 Å². The third-order valence-corrected chi connectivity index (χ3v) is 4.10. The first-order chi connectivity index (χ1) is 9.54. The number of hydrogen-bond acceptors (Lipinski definition) is 3. The van der Waals surface area contributed by atoms with E-state index in [1.54, 1.807) is 17.8 Å². The van der Waals surface area contributed by atoms with E-state index in [0.29, 0.717) is 12.1 Å². The fraction of sp³-hybridized carbons (Fsp3) is 0.429. The summed E-state index contributed by atoms with van der Waals surface area (Å²) in [5.41, 5.74) is 1.58. The molecule has 0 radical (unpaired) electrons. The van der Waals surface area contributed by atoms with Crippen molar-refractivity contribution >= 4 is 29.4 Å². The Bertz CT molecular complexity index is 521. The molecule has 6 heteroatoms. The zero-order chi connectivity index (χ0) is 14.7. The van der Waals surface area contributed by atoms with Crippen LogP contribution < -0.4 is 10.2 Å². The van der Waals surface area contributed by atoms with Crippen molar-refractivity contribution in [2.24, 2.45) is 0 Å². The number of nitrogens with zero attached hydrogens (tertiary/aromatic N) is 1. The molecule has 0 saturated carbocycles. The topological polar surface area (TPSA) is 69.6 Å². The number of carboxylic acid groups (broad SMARTS) is 1. The molecule has 2 atom stereocenters. The highest BCUT2D eigenvalue weighted by molar-refractivity contribution is 7.98. The summed E-state index contributed by atoms with van der Waals surface area (Å²) in [5.74, 6) is -0.187. The van der Waals surface area contributed by atoms with Crippen LogP contribution in [0.2, 0.25) is 0 Å². The van der Waals surface area contributed by atoms with Crippen molar-refractivity contribution in [3.63, 3.8) is 0 Å². The number of hydrogen-bond donors (Lipinski definition) is 2. The maximum atomic E-state index is 12.4. The maximum absolute atomic E-state index is 12.4. The predicted octanol–water partition coefficient (Wildman–Crippen LogP) is 1.96. The van der Waals surface area contributed by atoms with E-state index in [4.69, 9.17) is 0 Å². The van der Waals surface area contributed by atoms with Crippen LogP contribution in [0.4, 0.5) is 10.5 Å². The average Bonchev–Trinajstić information content (AvgIpc) is 2.78. The Morgan fingerprint density at radius 2 is 2.20 bits per heavy atom. The second-order valence-electron chi connectivity index (χ2n) is 4.86. The second kappa shape index (κ2) is 6.17. The van der Waals surface area contributed by atoms with Crippen LogP contribution in [0.3, 0.4) is 0 Å². The molecular weight excluding hydrogens is 276 g/mol. The Kier molecular flexibility index (Phi) is 4.54. The zero-order valence-electron chi connectivity index (χ0n) is 11.5. The number of aliphatic carboxylic acids is 1. The largest absolute Gasteiger partial charge is 0.480 e. The first-order valence-corrected chi connectivity index (χ1v) is 7.83.